The second-order valence-corrected chi connectivity index (χ2v) is 22.5. The van der Waals surface area contributed by atoms with Gasteiger partial charge in [0.05, 0.1) is 26.1 Å². The Balaban J connectivity index is -0.000000359. The number of nitrogens with one attached hydrogen (secondary N) is 2. The van der Waals surface area contributed by atoms with E-state index < -0.39 is 0 Å². The molecule has 0 aromatic carbocycles. The molecular weight excluding hydrogens is 981 g/mol. The van der Waals surface area contributed by atoms with Crippen LogP contribution in [0.25, 0.3) is 0 Å². The summed E-state index contributed by atoms with van der Waals surface area (Å²) in [6.45, 7) is 15.5. The largest absolute Gasteiger partial charge is 0.466 e. The van der Waals surface area contributed by atoms with Crippen molar-refractivity contribution in [1.82, 2.24) is 10.6 Å². The van der Waals surface area contributed by atoms with Crippen LogP contribution in [0.3, 0.4) is 0 Å². The van der Waals surface area contributed by atoms with Gasteiger partial charge in [0.1, 0.15) is 13.6 Å². The zero-order valence-corrected chi connectivity index (χ0v) is 50.8. The molecule has 0 spiro atoms. The Morgan fingerprint density at radius 2 is 0.819 bits per heavy atom. The van der Waals surface area contributed by atoms with Crippen LogP contribution >= 0.6 is 47.9 Å². The van der Waals surface area contributed by atoms with Crippen LogP contribution in [0.15, 0.2) is 12.2 Å². The zero-order chi connectivity index (χ0) is 54.7. The molecule has 0 fully saturated rings. The zero-order valence-electron chi connectivity index (χ0n) is 47.5. The van der Waals surface area contributed by atoms with Crippen LogP contribution in [-0.4, -0.2) is 104 Å². The monoisotopic (exact) mass is 1090 g/mol. The minimum absolute atomic E-state index is 0.00175. The van der Waals surface area contributed by atoms with E-state index in [9.17, 15) is 19.2 Å². The van der Waals surface area contributed by atoms with Gasteiger partial charge in [-0.1, -0.05) is 243 Å². The molecule has 0 aromatic heterocycles. The fourth-order valence-electron chi connectivity index (χ4n) is 7.31. The lowest BCUT2D eigenvalue weighted by atomic mass is 10.0. The van der Waals surface area contributed by atoms with Crippen LogP contribution in [0.4, 0.5) is 0 Å². The number of rotatable bonds is 49. The Labute approximate surface area is 463 Å². The first-order valence-corrected chi connectivity index (χ1v) is 32.2. The van der Waals surface area contributed by atoms with Crippen molar-refractivity contribution in [3.05, 3.63) is 12.2 Å². The highest BCUT2D eigenvalue weighted by Gasteiger charge is 2.12. The molecule has 14 heteroatoms. The van der Waals surface area contributed by atoms with Gasteiger partial charge in [-0.2, -0.15) is 24.4 Å². The predicted octanol–water partition coefficient (Wildman–Crippen LogP) is 16.0. The first-order chi connectivity index (χ1) is 35.2. The van der Waals surface area contributed by atoms with E-state index in [4.69, 9.17) is 19.1 Å². The number of esters is 2. The van der Waals surface area contributed by atoms with Crippen LogP contribution in [0.5, 0.6) is 0 Å². The van der Waals surface area contributed by atoms with Crippen molar-refractivity contribution in [2.45, 2.75) is 258 Å². The van der Waals surface area contributed by atoms with Crippen LogP contribution in [-0.2, 0) is 38.2 Å². The number of unbranched alkanes of at least 4 members (excludes halogenated alkanes) is 30. The van der Waals surface area contributed by atoms with Gasteiger partial charge in [0.2, 0.25) is 5.12 Å². The molecule has 0 bridgehead atoms. The van der Waals surface area contributed by atoms with Crippen molar-refractivity contribution >= 4 is 83.7 Å². The Morgan fingerprint density at radius 3 is 1.11 bits per heavy atom. The van der Waals surface area contributed by atoms with Gasteiger partial charge in [0.15, 0.2) is 5.12 Å². The van der Waals surface area contributed by atoms with Crippen molar-refractivity contribution < 1.29 is 38.2 Å². The Bertz CT molecular complexity index is 1120. The lowest BCUT2D eigenvalue weighted by Gasteiger charge is -2.09. The van der Waals surface area contributed by atoms with Gasteiger partial charge in [-0.05, 0) is 39.9 Å². The van der Waals surface area contributed by atoms with E-state index in [-0.39, 0.29) is 22.2 Å². The van der Waals surface area contributed by atoms with E-state index >= 15 is 0 Å². The van der Waals surface area contributed by atoms with E-state index in [0.29, 0.717) is 49.2 Å². The van der Waals surface area contributed by atoms with E-state index in [1.54, 1.807) is 6.08 Å². The van der Waals surface area contributed by atoms with Crippen LogP contribution < -0.4 is 10.6 Å². The van der Waals surface area contributed by atoms with Crippen molar-refractivity contribution in [3.63, 3.8) is 0 Å². The molecule has 1 unspecified atom stereocenters. The molecule has 0 amide bonds. The summed E-state index contributed by atoms with van der Waals surface area (Å²) in [7, 11) is 3.85. The molecule has 0 saturated carbocycles. The SMILES string of the molecule is C/C=C/C(=O)SCCC(=O)OCCCCCCCCCCCCCCCCCC.C=O.C=O.CCCCCCCCCCCCCCCCCCOC(=O)CCSC(=O)CC(C)SCCNC.CNCCS. The van der Waals surface area contributed by atoms with Crippen LogP contribution in [0, 0.1) is 0 Å². The van der Waals surface area contributed by atoms with Crippen LogP contribution in [0.2, 0.25) is 0 Å². The fraction of sp³-hybridized carbons (Fsp3) is 0.862. The molecule has 0 aliphatic rings. The van der Waals surface area contributed by atoms with Crippen molar-refractivity contribution in [3.8, 4) is 0 Å². The second kappa shape index (κ2) is 76.2. The third-order valence-electron chi connectivity index (χ3n) is 11.5. The normalized spacial score (nSPS) is 10.9. The number of allylic oxidation sites excluding steroid dienone is 1. The number of ether oxygens (including phenoxy) is 2. The van der Waals surface area contributed by atoms with E-state index in [0.717, 1.165) is 50.3 Å². The first kappa shape index (κ1) is 79.6. The van der Waals surface area contributed by atoms with E-state index in [2.05, 4.69) is 44.0 Å². The Hall–Kier alpha value is -1.32. The summed E-state index contributed by atoms with van der Waals surface area (Å²) < 4.78 is 10.5. The van der Waals surface area contributed by atoms with Crippen molar-refractivity contribution in [2.75, 3.05) is 63.4 Å². The van der Waals surface area contributed by atoms with Gasteiger partial charge in [0.25, 0.3) is 0 Å². The summed E-state index contributed by atoms with van der Waals surface area (Å²) >= 11 is 8.18. The lowest BCUT2D eigenvalue weighted by molar-refractivity contribution is -0.144. The fourth-order valence-corrected chi connectivity index (χ4v) is 10.2. The van der Waals surface area contributed by atoms with Gasteiger partial charge in [0, 0.05) is 47.8 Å². The number of carbonyl (C=O) groups excluding carboxylic acids is 6. The maximum Gasteiger partial charge on any atom is 0.306 e. The molecule has 0 radical (unpaired) electrons. The number of thioether (sulfide) groups is 3. The van der Waals surface area contributed by atoms with Crippen molar-refractivity contribution in [2.24, 2.45) is 0 Å². The number of hydrogen-bond acceptors (Lipinski definition) is 14. The van der Waals surface area contributed by atoms with Gasteiger partial charge in [-0.15, -0.1) is 0 Å². The Kier molecular flexibility index (Phi) is 84.2. The maximum absolute atomic E-state index is 12.0. The van der Waals surface area contributed by atoms with Crippen LogP contribution in [0.1, 0.15) is 252 Å². The molecule has 0 heterocycles. The molecule has 10 nitrogen and oxygen atoms in total. The minimum Gasteiger partial charge on any atom is -0.466 e. The maximum atomic E-state index is 12.0. The van der Waals surface area contributed by atoms with E-state index in [1.165, 1.54) is 209 Å². The van der Waals surface area contributed by atoms with E-state index in [1.807, 2.05) is 46.4 Å². The van der Waals surface area contributed by atoms with Crippen molar-refractivity contribution in [1.29, 1.82) is 0 Å². The molecule has 0 saturated heterocycles. The molecule has 2 N–H and O–H groups in total. The van der Waals surface area contributed by atoms with Gasteiger partial charge >= 0.3 is 11.9 Å². The minimum atomic E-state index is -0.188. The first-order valence-electron chi connectivity index (χ1n) is 28.6. The number of hydrogen-bond donors (Lipinski definition) is 3. The second-order valence-electron chi connectivity index (χ2n) is 18.3. The quantitative estimate of drug-likeness (QED) is 0.0230. The topological polar surface area (TPSA) is 145 Å². The highest BCUT2D eigenvalue weighted by atomic mass is 32.2. The summed E-state index contributed by atoms with van der Waals surface area (Å²) in [5.41, 5.74) is 0. The van der Waals surface area contributed by atoms with Gasteiger partial charge in [-0.3, -0.25) is 19.2 Å². The number of thiol groups is 1. The summed E-state index contributed by atoms with van der Waals surface area (Å²) in [5, 5.41) is 6.55. The van der Waals surface area contributed by atoms with Gasteiger partial charge in [-0.25, -0.2) is 0 Å². The Morgan fingerprint density at radius 1 is 0.500 bits per heavy atom. The third-order valence-corrected chi connectivity index (χ3v) is 14.6. The summed E-state index contributed by atoms with van der Waals surface area (Å²) in [6.07, 6.45) is 47.4. The third kappa shape index (κ3) is 80.1. The van der Waals surface area contributed by atoms with Gasteiger partial charge < -0.3 is 29.7 Å². The highest BCUT2D eigenvalue weighted by molar-refractivity contribution is 8.14. The smallest absolute Gasteiger partial charge is 0.306 e. The predicted molar refractivity (Wildman–Crippen MR) is 322 cm³/mol. The summed E-state index contributed by atoms with van der Waals surface area (Å²) in [4.78, 5) is 62.7. The summed E-state index contributed by atoms with van der Waals surface area (Å²) in [6, 6.07) is 0. The molecule has 72 heavy (non-hydrogen) atoms. The molecule has 428 valence electrons. The number of carbonyl (C=O) groups is 6. The molecule has 0 aromatic rings. The average molecular weight is 1100 g/mol. The molecule has 0 aliphatic carbocycles. The molecule has 0 aliphatic heterocycles. The molecular formula is C58H114N2O8S4. The molecule has 1 atom stereocenters. The summed E-state index contributed by atoms with van der Waals surface area (Å²) in [5.74, 6) is 2.62. The standard InChI is InChI=1S/C28H55NO3S2.C25H46O3S.C3H9NS.2CH2O/c1-4-5-6-7-8-9-10-11-12-13-14-15-16-17-18-19-22-32-27(30)20-23-34-28(31)25-26(2)33-24-21-29-3;1-3-5-6-7-8-9-10-11-12-13-14-15-16-17-18-19-22-28-24(26)21-23-29-25(27)20-4-2;1-4-2-3-5;2*1-2/h26,29H,4-25H2,1-3H3;4,20H,3,5-19,21-23H2,1-2H3;4-5H,2-3H2,1H3;2*1H2/b;20-4+;;;. The highest BCUT2D eigenvalue weighted by Crippen LogP contribution is 2.19. The average Bonchev–Trinajstić information content (AvgIpc) is 3.38. The molecule has 0 rings (SSSR count). The lowest BCUT2D eigenvalue weighted by Crippen LogP contribution is -2.13.